The Bertz CT molecular complexity index is 1360. The molecule has 4 rings (SSSR count). The standard InChI is InChI=1S/C25H27BrN4OS/c1-5-18(6-2)29-22(20-14-10-11-15-21(20)26)16-32-25(29)27-23-17(3)28(4)30(24(23)31)19-12-8-7-9-13-19/h7-16,18H,5-6H2,1-4H3. The number of rotatable bonds is 6. The van der Waals surface area contributed by atoms with E-state index in [1.807, 2.05) is 61.1 Å². The van der Waals surface area contributed by atoms with Gasteiger partial charge in [-0.3, -0.25) is 9.48 Å². The molecule has 2 aromatic carbocycles. The number of nitrogens with zero attached hydrogens (tertiary/aromatic N) is 4. The smallest absolute Gasteiger partial charge is 0.297 e. The number of hydrogen-bond acceptors (Lipinski definition) is 3. The SMILES string of the molecule is CCC(CC)n1c(-c2ccccc2Br)csc1=Nc1c(C)n(C)n(-c2ccccc2)c1=O. The van der Waals surface area contributed by atoms with Gasteiger partial charge >= 0.3 is 0 Å². The Labute approximate surface area is 200 Å². The van der Waals surface area contributed by atoms with Crippen LogP contribution >= 0.6 is 27.3 Å². The Kier molecular flexibility index (Phi) is 6.67. The van der Waals surface area contributed by atoms with Crippen molar-refractivity contribution in [2.45, 2.75) is 39.7 Å². The number of halogens is 1. The van der Waals surface area contributed by atoms with Gasteiger partial charge in [-0.25, -0.2) is 9.67 Å². The van der Waals surface area contributed by atoms with E-state index in [2.05, 4.69) is 51.9 Å². The van der Waals surface area contributed by atoms with Crippen LogP contribution in [-0.4, -0.2) is 13.9 Å². The minimum atomic E-state index is -0.108. The minimum absolute atomic E-state index is 0.108. The van der Waals surface area contributed by atoms with Crippen molar-refractivity contribution in [3.63, 3.8) is 0 Å². The van der Waals surface area contributed by atoms with E-state index in [4.69, 9.17) is 4.99 Å². The summed E-state index contributed by atoms with van der Waals surface area (Å²) in [7, 11) is 1.90. The zero-order valence-corrected chi connectivity index (χ0v) is 21.2. The Hall–Kier alpha value is -2.64. The van der Waals surface area contributed by atoms with E-state index in [0.29, 0.717) is 11.7 Å². The molecule has 0 aliphatic heterocycles. The van der Waals surface area contributed by atoms with Gasteiger partial charge in [-0.1, -0.05) is 66.2 Å². The summed E-state index contributed by atoms with van der Waals surface area (Å²) in [6.07, 6.45) is 1.97. The predicted octanol–water partition coefficient (Wildman–Crippen LogP) is 6.37. The third-order valence-electron chi connectivity index (χ3n) is 5.93. The van der Waals surface area contributed by atoms with Crippen molar-refractivity contribution in [2.24, 2.45) is 12.0 Å². The third-order valence-corrected chi connectivity index (χ3v) is 7.46. The lowest BCUT2D eigenvalue weighted by Gasteiger charge is -2.19. The Morgan fingerprint density at radius 3 is 2.34 bits per heavy atom. The number of aromatic nitrogens is 3. The summed E-state index contributed by atoms with van der Waals surface area (Å²) in [6, 6.07) is 18.2. The van der Waals surface area contributed by atoms with Gasteiger partial charge in [-0.2, -0.15) is 0 Å². The molecule has 32 heavy (non-hydrogen) atoms. The molecule has 0 saturated carbocycles. The van der Waals surface area contributed by atoms with Crippen molar-refractivity contribution < 1.29 is 0 Å². The van der Waals surface area contributed by atoms with Crippen LogP contribution in [0.3, 0.4) is 0 Å². The number of thiazole rings is 1. The van der Waals surface area contributed by atoms with Crippen molar-refractivity contribution in [3.8, 4) is 16.9 Å². The van der Waals surface area contributed by atoms with Gasteiger partial charge in [0.15, 0.2) is 10.5 Å². The van der Waals surface area contributed by atoms with Crippen LogP contribution in [0, 0.1) is 6.92 Å². The zero-order chi connectivity index (χ0) is 22.8. The summed E-state index contributed by atoms with van der Waals surface area (Å²) >= 11 is 5.28. The molecule has 7 heteroatoms. The van der Waals surface area contributed by atoms with Crippen LogP contribution in [0.4, 0.5) is 5.69 Å². The van der Waals surface area contributed by atoms with Crippen LogP contribution in [0.25, 0.3) is 16.9 Å². The lowest BCUT2D eigenvalue weighted by atomic mass is 10.1. The van der Waals surface area contributed by atoms with Gasteiger partial charge in [0.1, 0.15) is 0 Å². The summed E-state index contributed by atoms with van der Waals surface area (Å²) < 4.78 is 6.90. The molecule has 0 N–H and O–H groups in total. The molecule has 166 valence electrons. The second-order valence-corrected chi connectivity index (χ2v) is 9.44. The van der Waals surface area contributed by atoms with E-state index in [1.165, 1.54) is 0 Å². The molecule has 0 atom stereocenters. The summed E-state index contributed by atoms with van der Waals surface area (Å²) in [5.74, 6) is 0. The normalized spacial score (nSPS) is 12.1. The Morgan fingerprint density at radius 1 is 1.03 bits per heavy atom. The molecule has 0 radical (unpaired) electrons. The molecule has 0 fully saturated rings. The van der Waals surface area contributed by atoms with E-state index in [-0.39, 0.29) is 5.56 Å². The van der Waals surface area contributed by atoms with Crippen LogP contribution < -0.4 is 10.4 Å². The predicted molar refractivity (Wildman–Crippen MR) is 136 cm³/mol. The summed E-state index contributed by atoms with van der Waals surface area (Å²) in [6.45, 7) is 6.34. The van der Waals surface area contributed by atoms with Crippen molar-refractivity contribution >= 4 is 33.0 Å². The summed E-state index contributed by atoms with van der Waals surface area (Å²) in [4.78, 5) is 19.2. The lowest BCUT2D eigenvalue weighted by molar-refractivity contribution is 0.466. The molecular formula is C25H27BrN4OS. The molecule has 0 saturated heterocycles. The molecule has 2 aromatic heterocycles. The van der Waals surface area contributed by atoms with Crippen molar-refractivity contribution in [3.05, 3.63) is 85.3 Å². The van der Waals surface area contributed by atoms with E-state index in [1.54, 1.807) is 16.0 Å². The van der Waals surface area contributed by atoms with Crippen LogP contribution in [-0.2, 0) is 7.05 Å². The van der Waals surface area contributed by atoms with Crippen molar-refractivity contribution in [2.75, 3.05) is 0 Å². The summed E-state index contributed by atoms with van der Waals surface area (Å²) in [5.41, 5.74) is 4.29. The van der Waals surface area contributed by atoms with Crippen LogP contribution in [0.15, 0.2) is 74.2 Å². The molecule has 0 unspecified atom stereocenters. The zero-order valence-electron chi connectivity index (χ0n) is 18.7. The fourth-order valence-electron chi connectivity index (χ4n) is 4.05. The van der Waals surface area contributed by atoms with Gasteiger partial charge < -0.3 is 4.57 Å². The van der Waals surface area contributed by atoms with E-state index in [9.17, 15) is 4.79 Å². The van der Waals surface area contributed by atoms with E-state index >= 15 is 0 Å². The average Bonchev–Trinajstić information content (AvgIpc) is 3.30. The van der Waals surface area contributed by atoms with Gasteiger partial charge in [-0.05, 0) is 38.0 Å². The number of benzene rings is 2. The molecule has 0 spiro atoms. The van der Waals surface area contributed by atoms with Crippen LogP contribution in [0.5, 0.6) is 0 Å². The first-order valence-corrected chi connectivity index (χ1v) is 12.5. The highest BCUT2D eigenvalue weighted by molar-refractivity contribution is 9.10. The fraction of sp³-hybridized carbons (Fsp3) is 0.280. The molecule has 4 aromatic rings. The quantitative estimate of drug-likeness (QED) is 0.297. The third kappa shape index (κ3) is 3.95. The van der Waals surface area contributed by atoms with Gasteiger partial charge in [-0.15, -0.1) is 11.3 Å². The maximum Gasteiger partial charge on any atom is 0.297 e. The largest absolute Gasteiger partial charge is 0.313 e. The molecule has 5 nitrogen and oxygen atoms in total. The van der Waals surface area contributed by atoms with Crippen molar-refractivity contribution in [1.29, 1.82) is 0 Å². The van der Waals surface area contributed by atoms with Crippen LogP contribution in [0.2, 0.25) is 0 Å². The highest BCUT2D eigenvalue weighted by Gasteiger charge is 2.19. The fourth-order valence-corrected chi connectivity index (χ4v) is 5.50. The molecule has 0 bridgehead atoms. The van der Waals surface area contributed by atoms with Gasteiger partial charge in [0.2, 0.25) is 0 Å². The van der Waals surface area contributed by atoms with Gasteiger partial charge in [0.05, 0.1) is 17.1 Å². The first-order valence-electron chi connectivity index (χ1n) is 10.8. The lowest BCUT2D eigenvalue weighted by Crippen LogP contribution is -2.22. The average molecular weight is 511 g/mol. The first-order chi connectivity index (χ1) is 15.5. The Morgan fingerprint density at radius 2 is 1.69 bits per heavy atom. The van der Waals surface area contributed by atoms with Gasteiger partial charge in [0, 0.05) is 28.5 Å². The molecule has 2 heterocycles. The second-order valence-electron chi connectivity index (χ2n) is 7.75. The Balaban J connectivity index is 1.97. The van der Waals surface area contributed by atoms with E-state index in [0.717, 1.165) is 44.8 Å². The molecule has 0 aliphatic carbocycles. The molecule has 0 aliphatic rings. The van der Waals surface area contributed by atoms with Crippen LogP contribution in [0.1, 0.15) is 38.4 Å². The molecular weight excluding hydrogens is 484 g/mol. The van der Waals surface area contributed by atoms with E-state index < -0.39 is 0 Å². The highest BCUT2D eigenvalue weighted by atomic mass is 79.9. The first kappa shape index (κ1) is 22.6. The molecule has 0 amide bonds. The monoisotopic (exact) mass is 510 g/mol. The number of hydrogen-bond donors (Lipinski definition) is 0. The van der Waals surface area contributed by atoms with Gasteiger partial charge in [0.25, 0.3) is 5.56 Å². The number of para-hydroxylation sites is 1. The maximum atomic E-state index is 13.4. The maximum absolute atomic E-state index is 13.4. The second kappa shape index (κ2) is 9.46. The summed E-state index contributed by atoms with van der Waals surface area (Å²) in [5, 5.41) is 2.14. The highest BCUT2D eigenvalue weighted by Crippen LogP contribution is 2.32. The topological polar surface area (TPSA) is 44.2 Å². The minimum Gasteiger partial charge on any atom is -0.313 e. The van der Waals surface area contributed by atoms with Crippen molar-refractivity contribution in [1.82, 2.24) is 13.9 Å².